The maximum atomic E-state index is 13.4. The Morgan fingerprint density at radius 2 is 2.03 bits per heavy atom. The van der Waals surface area contributed by atoms with Crippen LogP contribution in [0.2, 0.25) is 5.15 Å². The number of ether oxygens (including phenoxy) is 1. The van der Waals surface area contributed by atoms with Gasteiger partial charge in [0.15, 0.2) is 17.3 Å². The molecule has 0 saturated carbocycles. The van der Waals surface area contributed by atoms with Crippen LogP contribution >= 0.6 is 11.6 Å². The lowest BCUT2D eigenvalue weighted by atomic mass is 10.2. The highest BCUT2D eigenvalue weighted by Gasteiger charge is 2.21. The number of amides is 2. The van der Waals surface area contributed by atoms with Crippen LogP contribution in [0.25, 0.3) is 11.5 Å². The minimum atomic E-state index is -0.875. The number of aryl methyl sites for hydroxylation is 1. The van der Waals surface area contributed by atoms with E-state index in [1.54, 1.807) is 7.05 Å². The molecule has 29 heavy (non-hydrogen) atoms. The molecule has 0 unspecified atom stereocenters. The Hall–Kier alpha value is -3.67. The standard InChI is InChI=1S/C16H14ClFN8O3/c1-8(11-3-9(18)4-19-13(11)17)29-16(28)23-15-12(24-25-26(15)2)14-20-5-10(6-21-14)22-7-27/h3-8H,1-2H3,(H,22,27)(H,23,28)/t8-/m1/s1. The van der Waals surface area contributed by atoms with Gasteiger partial charge in [-0.1, -0.05) is 16.8 Å². The van der Waals surface area contributed by atoms with Crippen molar-refractivity contribution in [1.29, 1.82) is 0 Å². The predicted octanol–water partition coefficient (Wildman–Crippen LogP) is 2.34. The van der Waals surface area contributed by atoms with E-state index in [1.165, 1.54) is 24.0 Å². The van der Waals surface area contributed by atoms with Crippen molar-refractivity contribution >= 4 is 35.6 Å². The third kappa shape index (κ3) is 4.60. The summed E-state index contributed by atoms with van der Waals surface area (Å²) in [7, 11) is 1.55. The van der Waals surface area contributed by atoms with Crippen molar-refractivity contribution in [2.75, 3.05) is 10.6 Å². The summed E-state index contributed by atoms with van der Waals surface area (Å²) < 4.78 is 19.9. The number of anilines is 2. The molecule has 0 aromatic carbocycles. The molecule has 3 heterocycles. The summed E-state index contributed by atoms with van der Waals surface area (Å²) in [6.07, 6.45) is 2.46. The third-order valence-corrected chi connectivity index (χ3v) is 4.01. The molecule has 3 aromatic rings. The van der Waals surface area contributed by atoms with Gasteiger partial charge in [-0.3, -0.25) is 10.1 Å². The molecule has 1 atom stereocenters. The van der Waals surface area contributed by atoms with Crippen LogP contribution in [-0.4, -0.2) is 42.4 Å². The zero-order chi connectivity index (χ0) is 21.0. The Morgan fingerprint density at radius 1 is 1.31 bits per heavy atom. The summed E-state index contributed by atoms with van der Waals surface area (Å²) in [5.74, 6) is -0.278. The van der Waals surface area contributed by atoms with E-state index in [0.717, 1.165) is 12.3 Å². The number of halogens is 2. The molecule has 0 aliphatic heterocycles. The number of aromatic nitrogens is 6. The fraction of sp³-hybridized carbons (Fsp3) is 0.188. The van der Waals surface area contributed by atoms with E-state index < -0.39 is 18.0 Å². The minimum absolute atomic E-state index is 0.0204. The van der Waals surface area contributed by atoms with Gasteiger partial charge in [0.25, 0.3) is 0 Å². The predicted molar refractivity (Wildman–Crippen MR) is 99.4 cm³/mol. The van der Waals surface area contributed by atoms with Gasteiger partial charge in [-0.15, -0.1) is 5.10 Å². The molecule has 0 radical (unpaired) electrons. The van der Waals surface area contributed by atoms with E-state index in [4.69, 9.17) is 16.3 Å². The van der Waals surface area contributed by atoms with E-state index in [2.05, 4.69) is 35.9 Å². The van der Waals surface area contributed by atoms with Crippen LogP contribution < -0.4 is 10.6 Å². The summed E-state index contributed by atoms with van der Waals surface area (Å²) in [6, 6.07) is 1.13. The number of hydrogen-bond acceptors (Lipinski definition) is 8. The molecule has 150 valence electrons. The number of rotatable bonds is 6. The van der Waals surface area contributed by atoms with Crippen molar-refractivity contribution in [1.82, 2.24) is 29.9 Å². The van der Waals surface area contributed by atoms with Gasteiger partial charge < -0.3 is 10.1 Å². The lowest BCUT2D eigenvalue weighted by molar-refractivity contribution is -0.105. The number of carbonyl (C=O) groups excluding carboxylic acids is 2. The maximum Gasteiger partial charge on any atom is 0.413 e. The molecule has 0 bridgehead atoms. The highest BCUT2D eigenvalue weighted by Crippen LogP contribution is 2.26. The lowest BCUT2D eigenvalue weighted by Gasteiger charge is -2.15. The zero-order valence-electron chi connectivity index (χ0n) is 15.1. The van der Waals surface area contributed by atoms with Gasteiger partial charge in [0.2, 0.25) is 6.41 Å². The number of carbonyl (C=O) groups is 2. The van der Waals surface area contributed by atoms with Crippen LogP contribution in [0.3, 0.4) is 0 Å². The molecular formula is C16H14ClFN8O3. The zero-order valence-corrected chi connectivity index (χ0v) is 15.9. The number of nitrogens with one attached hydrogen (secondary N) is 2. The molecule has 0 fully saturated rings. The minimum Gasteiger partial charge on any atom is -0.441 e. The van der Waals surface area contributed by atoms with Crippen LogP contribution in [0.15, 0.2) is 24.7 Å². The van der Waals surface area contributed by atoms with Crippen molar-refractivity contribution in [3.05, 3.63) is 41.2 Å². The number of hydrogen-bond donors (Lipinski definition) is 2. The molecule has 0 aliphatic carbocycles. The van der Waals surface area contributed by atoms with Gasteiger partial charge in [0.05, 0.1) is 24.3 Å². The second-order valence-corrected chi connectivity index (χ2v) is 6.03. The Morgan fingerprint density at radius 3 is 2.72 bits per heavy atom. The van der Waals surface area contributed by atoms with E-state index in [-0.39, 0.29) is 28.1 Å². The van der Waals surface area contributed by atoms with Gasteiger partial charge in [-0.2, -0.15) is 0 Å². The number of nitrogens with zero attached hydrogens (tertiary/aromatic N) is 6. The fourth-order valence-corrected chi connectivity index (χ4v) is 2.57. The summed E-state index contributed by atoms with van der Waals surface area (Å²) in [5, 5.41) is 12.7. The van der Waals surface area contributed by atoms with E-state index in [9.17, 15) is 14.0 Å². The Labute approximate surface area is 168 Å². The summed E-state index contributed by atoms with van der Waals surface area (Å²) in [6.45, 7) is 1.52. The molecule has 2 amide bonds. The summed E-state index contributed by atoms with van der Waals surface area (Å²) in [5.41, 5.74) is 0.781. The van der Waals surface area contributed by atoms with Crippen molar-refractivity contribution in [3.63, 3.8) is 0 Å². The van der Waals surface area contributed by atoms with Crippen LogP contribution in [0.4, 0.5) is 20.7 Å². The smallest absolute Gasteiger partial charge is 0.413 e. The summed E-state index contributed by atoms with van der Waals surface area (Å²) >= 11 is 5.93. The first-order valence-corrected chi connectivity index (χ1v) is 8.47. The molecular weight excluding hydrogens is 407 g/mol. The number of pyridine rings is 1. The van der Waals surface area contributed by atoms with Gasteiger partial charge in [-0.05, 0) is 13.0 Å². The van der Waals surface area contributed by atoms with Crippen LogP contribution in [-0.2, 0) is 16.6 Å². The average molecular weight is 421 g/mol. The first-order valence-electron chi connectivity index (χ1n) is 8.10. The largest absolute Gasteiger partial charge is 0.441 e. The highest BCUT2D eigenvalue weighted by atomic mass is 35.5. The molecule has 13 heteroatoms. The van der Waals surface area contributed by atoms with E-state index in [0.29, 0.717) is 12.1 Å². The molecule has 2 N–H and O–H groups in total. The van der Waals surface area contributed by atoms with E-state index >= 15 is 0 Å². The van der Waals surface area contributed by atoms with Crippen molar-refractivity contribution in [2.24, 2.45) is 7.05 Å². The topological polar surface area (TPSA) is 137 Å². The molecule has 3 aromatic heterocycles. The molecule has 0 spiro atoms. The lowest BCUT2D eigenvalue weighted by Crippen LogP contribution is -2.19. The Balaban J connectivity index is 1.76. The summed E-state index contributed by atoms with van der Waals surface area (Å²) in [4.78, 5) is 34.6. The molecule has 3 rings (SSSR count). The van der Waals surface area contributed by atoms with Gasteiger partial charge in [0.1, 0.15) is 17.1 Å². The van der Waals surface area contributed by atoms with Gasteiger partial charge in [-0.25, -0.2) is 28.8 Å². The van der Waals surface area contributed by atoms with Crippen molar-refractivity contribution < 1.29 is 18.7 Å². The average Bonchev–Trinajstić information content (AvgIpc) is 3.05. The molecule has 11 nitrogen and oxygen atoms in total. The van der Waals surface area contributed by atoms with E-state index in [1.807, 2.05) is 0 Å². The molecule has 0 saturated heterocycles. The first kappa shape index (κ1) is 20.1. The Kier molecular flexibility index (Phi) is 5.93. The van der Waals surface area contributed by atoms with Crippen LogP contribution in [0.1, 0.15) is 18.6 Å². The second-order valence-electron chi connectivity index (χ2n) is 5.67. The first-order chi connectivity index (χ1) is 13.9. The van der Waals surface area contributed by atoms with Gasteiger partial charge in [0, 0.05) is 12.6 Å². The second kappa shape index (κ2) is 8.56. The van der Waals surface area contributed by atoms with Crippen molar-refractivity contribution in [2.45, 2.75) is 13.0 Å². The molecule has 0 aliphatic rings. The fourth-order valence-electron chi connectivity index (χ4n) is 2.31. The van der Waals surface area contributed by atoms with Crippen LogP contribution in [0, 0.1) is 5.82 Å². The normalized spacial score (nSPS) is 11.6. The Bertz CT molecular complexity index is 1040. The monoisotopic (exact) mass is 420 g/mol. The highest BCUT2D eigenvalue weighted by molar-refractivity contribution is 6.30. The quantitative estimate of drug-likeness (QED) is 0.458. The van der Waals surface area contributed by atoms with Crippen LogP contribution in [0.5, 0.6) is 0 Å². The van der Waals surface area contributed by atoms with Gasteiger partial charge >= 0.3 is 6.09 Å². The van der Waals surface area contributed by atoms with Crippen molar-refractivity contribution in [3.8, 4) is 11.5 Å². The third-order valence-electron chi connectivity index (χ3n) is 3.69. The maximum absolute atomic E-state index is 13.4. The SMILES string of the molecule is C[C@@H](OC(=O)Nc1c(-c2ncc(NC=O)cn2)nnn1C)c1cc(F)cnc1Cl.